The number of halogens is 2. The first-order valence-electron chi connectivity index (χ1n) is 5.42. The molecular weight excluding hydrogens is 329 g/mol. The molecule has 4 nitrogen and oxygen atoms in total. The number of benzene rings is 1. The molecule has 108 valence electrons. The van der Waals surface area contributed by atoms with Crippen LogP contribution in [0, 0.1) is 0 Å². The van der Waals surface area contributed by atoms with E-state index in [9.17, 15) is 8.42 Å². The largest absolute Gasteiger partial charge is 0.392 e. The van der Waals surface area contributed by atoms with Gasteiger partial charge in [-0.3, -0.25) is 0 Å². The number of sulfonamides is 1. The third kappa shape index (κ3) is 4.51. The summed E-state index contributed by atoms with van der Waals surface area (Å²) < 4.78 is 26.9. The number of hydrogen-bond acceptors (Lipinski definition) is 4. The van der Waals surface area contributed by atoms with Crippen LogP contribution in [0.15, 0.2) is 17.0 Å². The Morgan fingerprint density at radius 2 is 2.00 bits per heavy atom. The number of hydrogen-bond donors (Lipinski definition) is 2. The molecule has 1 atom stereocenters. The van der Waals surface area contributed by atoms with Crippen LogP contribution in [-0.4, -0.2) is 31.6 Å². The molecule has 1 aromatic rings. The molecule has 1 aromatic carbocycles. The van der Waals surface area contributed by atoms with Crippen LogP contribution < -0.4 is 4.72 Å². The molecule has 0 aliphatic carbocycles. The van der Waals surface area contributed by atoms with E-state index in [1.165, 1.54) is 23.9 Å². The molecule has 0 bridgehead atoms. The molecule has 19 heavy (non-hydrogen) atoms. The van der Waals surface area contributed by atoms with Crippen LogP contribution in [0.2, 0.25) is 10.0 Å². The third-order valence-electron chi connectivity index (χ3n) is 2.33. The highest BCUT2D eigenvalue weighted by Gasteiger charge is 2.21. The van der Waals surface area contributed by atoms with Crippen LogP contribution in [0.25, 0.3) is 0 Å². The molecule has 8 heteroatoms. The fraction of sp³-hybridized carbons (Fsp3) is 0.455. The van der Waals surface area contributed by atoms with Gasteiger partial charge in [-0.05, 0) is 30.9 Å². The number of aliphatic hydroxyl groups excluding tert-OH is 1. The van der Waals surface area contributed by atoms with Crippen LogP contribution in [0.4, 0.5) is 0 Å². The maximum Gasteiger partial charge on any atom is 0.242 e. The van der Waals surface area contributed by atoms with E-state index in [0.717, 1.165) is 0 Å². The van der Waals surface area contributed by atoms with Gasteiger partial charge < -0.3 is 5.11 Å². The van der Waals surface area contributed by atoms with E-state index in [-0.39, 0.29) is 27.6 Å². The number of nitrogens with one attached hydrogen (secondary N) is 1. The predicted molar refractivity (Wildman–Crippen MR) is 80.6 cm³/mol. The second-order valence-electron chi connectivity index (χ2n) is 4.01. The highest BCUT2D eigenvalue weighted by molar-refractivity contribution is 7.98. The highest BCUT2D eigenvalue weighted by atomic mass is 35.5. The molecule has 1 rings (SSSR count). The molecule has 0 aromatic heterocycles. The minimum absolute atomic E-state index is 0.0334. The van der Waals surface area contributed by atoms with Crippen molar-refractivity contribution in [2.75, 3.05) is 12.0 Å². The molecule has 1 unspecified atom stereocenters. The Bertz CT molecular complexity index is 549. The van der Waals surface area contributed by atoms with Crippen molar-refractivity contribution in [3.05, 3.63) is 27.7 Å². The van der Waals surface area contributed by atoms with E-state index < -0.39 is 10.0 Å². The van der Waals surface area contributed by atoms with Gasteiger partial charge >= 0.3 is 0 Å². The van der Waals surface area contributed by atoms with E-state index in [1.54, 1.807) is 6.92 Å². The molecular formula is C11H15Cl2NO3S2. The molecule has 0 amide bonds. The first kappa shape index (κ1) is 17.1. The van der Waals surface area contributed by atoms with Gasteiger partial charge in [0, 0.05) is 16.8 Å². The Labute approximate surface area is 127 Å². The fourth-order valence-electron chi connectivity index (χ4n) is 1.51. The Hall–Kier alpha value is 0.0200. The number of thioether (sulfide) groups is 1. The van der Waals surface area contributed by atoms with Gasteiger partial charge in [0.05, 0.1) is 11.6 Å². The first-order chi connectivity index (χ1) is 8.81. The zero-order valence-corrected chi connectivity index (χ0v) is 13.6. The molecule has 0 saturated carbocycles. The van der Waals surface area contributed by atoms with Crippen molar-refractivity contribution < 1.29 is 13.5 Å². The van der Waals surface area contributed by atoms with Crippen molar-refractivity contribution in [3.8, 4) is 0 Å². The van der Waals surface area contributed by atoms with E-state index in [0.29, 0.717) is 11.3 Å². The van der Waals surface area contributed by atoms with Gasteiger partial charge in [0.2, 0.25) is 10.0 Å². The minimum atomic E-state index is -3.73. The third-order valence-corrected chi connectivity index (χ3v) is 5.57. The molecule has 0 radical (unpaired) electrons. The van der Waals surface area contributed by atoms with Crippen molar-refractivity contribution in [2.24, 2.45) is 0 Å². The summed E-state index contributed by atoms with van der Waals surface area (Å²) in [6.45, 7) is 1.42. The summed E-state index contributed by atoms with van der Waals surface area (Å²) in [6.07, 6.45) is 1.89. The zero-order valence-electron chi connectivity index (χ0n) is 10.5. The summed E-state index contributed by atoms with van der Waals surface area (Å²) in [5.41, 5.74) is 0.323. The SMILES string of the molecule is CSCC(C)NS(=O)(=O)c1cc(CO)c(Cl)cc1Cl. The quantitative estimate of drug-likeness (QED) is 0.832. The van der Waals surface area contributed by atoms with Crippen LogP contribution in [-0.2, 0) is 16.6 Å². The Morgan fingerprint density at radius 3 is 2.53 bits per heavy atom. The lowest BCUT2D eigenvalue weighted by atomic mass is 10.2. The molecule has 0 saturated heterocycles. The summed E-state index contributed by atoms with van der Waals surface area (Å²) in [5, 5.41) is 9.39. The number of aliphatic hydroxyl groups is 1. The van der Waals surface area contributed by atoms with E-state index >= 15 is 0 Å². The molecule has 0 aliphatic rings. The van der Waals surface area contributed by atoms with Gasteiger partial charge in [-0.25, -0.2) is 13.1 Å². The maximum absolute atomic E-state index is 12.2. The monoisotopic (exact) mass is 343 g/mol. The standard InChI is InChI=1S/C11H15Cl2NO3S2/c1-7(6-18-2)14-19(16,17)11-3-8(5-15)9(12)4-10(11)13/h3-4,7,14-15H,5-6H2,1-2H3. The molecule has 2 N–H and O–H groups in total. The van der Waals surface area contributed by atoms with Crippen molar-refractivity contribution in [2.45, 2.75) is 24.5 Å². The van der Waals surface area contributed by atoms with E-state index in [4.69, 9.17) is 28.3 Å². The van der Waals surface area contributed by atoms with Crippen LogP contribution in [0.1, 0.15) is 12.5 Å². The second-order valence-corrected chi connectivity index (χ2v) is 7.42. The minimum Gasteiger partial charge on any atom is -0.392 e. The summed E-state index contributed by atoms with van der Waals surface area (Å²) in [4.78, 5) is -0.0735. The van der Waals surface area contributed by atoms with Gasteiger partial charge in [-0.2, -0.15) is 11.8 Å². The Morgan fingerprint density at radius 1 is 1.37 bits per heavy atom. The van der Waals surface area contributed by atoms with Crippen molar-refractivity contribution in [1.29, 1.82) is 0 Å². The van der Waals surface area contributed by atoms with Crippen LogP contribution >= 0.6 is 35.0 Å². The van der Waals surface area contributed by atoms with Gasteiger partial charge in [-0.15, -0.1) is 0 Å². The second kappa shape index (κ2) is 7.15. The van der Waals surface area contributed by atoms with Crippen molar-refractivity contribution in [3.63, 3.8) is 0 Å². The average Bonchev–Trinajstić information content (AvgIpc) is 2.28. The topological polar surface area (TPSA) is 66.4 Å². The maximum atomic E-state index is 12.2. The van der Waals surface area contributed by atoms with Gasteiger partial charge in [0.1, 0.15) is 4.90 Å². The fourth-order valence-corrected chi connectivity index (χ4v) is 4.30. The lowest BCUT2D eigenvalue weighted by Crippen LogP contribution is -2.34. The van der Waals surface area contributed by atoms with Crippen molar-refractivity contribution in [1.82, 2.24) is 4.72 Å². The Balaban J connectivity index is 3.14. The smallest absolute Gasteiger partial charge is 0.242 e. The summed E-state index contributed by atoms with van der Waals surface area (Å²) in [5.74, 6) is 0.650. The average molecular weight is 344 g/mol. The molecule has 0 heterocycles. The first-order valence-corrected chi connectivity index (χ1v) is 9.05. The van der Waals surface area contributed by atoms with E-state index in [2.05, 4.69) is 4.72 Å². The van der Waals surface area contributed by atoms with E-state index in [1.807, 2.05) is 6.26 Å². The van der Waals surface area contributed by atoms with Gasteiger partial charge in [-0.1, -0.05) is 23.2 Å². The van der Waals surface area contributed by atoms with Crippen molar-refractivity contribution >= 4 is 45.0 Å². The lowest BCUT2D eigenvalue weighted by molar-refractivity contribution is 0.281. The predicted octanol–water partition coefficient (Wildman–Crippen LogP) is 2.52. The Kier molecular flexibility index (Phi) is 6.42. The normalized spacial score (nSPS) is 13.5. The molecule has 0 spiro atoms. The molecule has 0 aliphatic heterocycles. The zero-order chi connectivity index (χ0) is 14.6. The summed E-state index contributed by atoms with van der Waals surface area (Å²) in [7, 11) is -3.73. The van der Waals surface area contributed by atoms with Crippen LogP contribution in [0.3, 0.4) is 0 Å². The highest BCUT2D eigenvalue weighted by Crippen LogP contribution is 2.28. The number of rotatable bonds is 6. The summed E-state index contributed by atoms with van der Waals surface area (Å²) in [6, 6.07) is 2.39. The van der Waals surface area contributed by atoms with Gasteiger partial charge in [0.25, 0.3) is 0 Å². The van der Waals surface area contributed by atoms with Gasteiger partial charge in [0.15, 0.2) is 0 Å². The molecule has 0 fully saturated rings. The van der Waals surface area contributed by atoms with Crippen LogP contribution in [0.5, 0.6) is 0 Å². The lowest BCUT2D eigenvalue weighted by Gasteiger charge is -2.15. The summed E-state index contributed by atoms with van der Waals surface area (Å²) >= 11 is 13.3.